The molecule has 2 bridgehead atoms. The molecule has 2 aliphatic heterocycles. The van der Waals surface area contributed by atoms with Gasteiger partial charge >= 0.3 is 0 Å². The maximum absolute atomic E-state index is 12.0. The van der Waals surface area contributed by atoms with E-state index in [1.54, 1.807) is 0 Å². The number of Topliss-reactive ketones (excluding diaryl/α,β-unsaturated/α-hetero) is 1. The number of carbonyl (C=O) groups excluding carboxylic acids is 1. The molecule has 80 valence electrons. The normalized spacial score (nSPS) is 43.5. The van der Waals surface area contributed by atoms with Crippen molar-refractivity contribution in [3.63, 3.8) is 0 Å². The van der Waals surface area contributed by atoms with Gasteiger partial charge in [-0.25, -0.2) is 0 Å². The smallest absolute Gasteiger partial charge is 0.199 e. The van der Waals surface area contributed by atoms with Gasteiger partial charge in [0.1, 0.15) is 6.10 Å². The van der Waals surface area contributed by atoms with E-state index in [1.807, 2.05) is 0 Å². The predicted octanol–water partition coefficient (Wildman–Crippen LogP) is 2.92. The van der Waals surface area contributed by atoms with Crippen LogP contribution >= 0.6 is 31.9 Å². The van der Waals surface area contributed by atoms with Crippen molar-refractivity contribution >= 4 is 37.6 Å². The zero-order valence-corrected chi connectivity index (χ0v) is 11.1. The lowest BCUT2D eigenvalue weighted by atomic mass is 9.80. The number of hydrogen-bond acceptors (Lipinski definition) is 2. The van der Waals surface area contributed by atoms with Crippen LogP contribution in [0, 0.1) is 11.8 Å². The van der Waals surface area contributed by atoms with Crippen molar-refractivity contribution in [1.29, 1.82) is 0 Å². The number of allylic oxidation sites excluding steroid dienone is 2. The van der Waals surface area contributed by atoms with E-state index in [0.29, 0.717) is 16.3 Å². The molecule has 3 rings (SSSR count). The summed E-state index contributed by atoms with van der Waals surface area (Å²) in [6, 6.07) is 0. The fourth-order valence-electron chi connectivity index (χ4n) is 2.78. The zero-order chi connectivity index (χ0) is 10.6. The van der Waals surface area contributed by atoms with Gasteiger partial charge in [-0.1, -0.05) is 28.1 Å². The van der Waals surface area contributed by atoms with Crippen LogP contribution in [0.15, 0.2) is 21.1 Å². The maximum Gasteiger partial charge on any atom is 0.199 e. The summed E-state index contributed by atoms with van der Waals surface area (Å²) >= 11 is 6.83. The number of ether oxygens (including phenoxy) is 1. The highest BCUT2D eigenvalue weighted by atomic mass is 79.9. The largest absolute Gasteiger partial charge is 0.361 e. The van der Waals surface area contributed by atoms with Crippen molar-refractivity contribution in [3.05, 3.63) is 21.1 Å². The molecular weight excluding hydrogens is 324 g/mol. The van der Waals surface area contributed by atoms with Crippen LogP contribution in [0.3, 0.4) is 0 Å². The molecule has 0 aromatic rings. The molecule has 0 N–H and O–H groups in total. The highest BCUT2D eigenvalue weighted by molar-refractivity contribution is 9.14. The van der Waals surface area contributed by atoms with Gasteiger partial charge in [0, 0.05) is 10.4 Å². The molecule has 0 amide bonds. The van der Waals surface area contributed by atoms with Gasteiger partial charge in [0.05, 0.1) is 10.6 Å². The summed E-state index contributed by atoms with van der Waals surface area (Å²) < 4.78 is 7.39. The van der Waals surface area contributed by atoms with Crippen LogP contribution in [0.5, 0.6) is 0 Å². The summed E-state index contributed by atoms with van der Waals surface area (Å²) in [6.45, 7) is 0. The SMILES string of the molecule is O=C1C(Br)=C(Br)[C@@H]2O[C@H]1[C@H]1CC=CC[C@H]12. The number of carbonyl (C=O) groups is 1. The molecule has 2 heterocycles. The molecule has 1 aliphatic carbocycles. The van der Waals surface area contributed by atoms with E-state index >= 15 is 0 Å². The Morgan fingerprint density at radius 3 is 2.40 bits per heavy atom. The second-order valence-corrected chi connectivity index (χ2v) is 5.92. The van der Waals surface area contributed by atoms with Gasteiger partial charge in [0.15, 0.2) is 5.78 Å². The van der Waals surface area contributed by atoms with E-state index < -0.39 is 0 Å². The van der Waals surface area contributed by atoms with E-state index in [0.717, 1.165) is 17.3 Å². The average molecular weight is 334 g/mol. The lowest BCUT2D eigenvalue weighted by Gasteiger charge is -2.22. The summed E-state index contributed by atoms with van der Waals surface area (Å²) in [6.07, 6.45) is 6.22. The Hall–Kier alpha value is 0.0700. The van der Waals surface area contributed by atoms with Crippen molar-refractivity contribution < 1.29 is 9.53 Å². The van der Waals surface area contributed by atoms with Crippen molar-refractivity contribution in [2.75, 3.05) is 0 Å². The minimum atomic E-state index is -0.222. The first-order valence-electron chi connectivity index (χ1n) is 5.10. The Balaban J connectivity index is 2.05. The van der Waals surface area contributed by atoms with Crippen LogP contribution in [0.1, 0.15) is 12.8 Å². The fourth-order valence-corrected chi connectivity index (χ4v) is 3.88. The molecule has 0 spiro atoms. The fraction of sp³-hybridized carbons (Fsp3) is 0.545. The maximum atomic E-state index is 12.0. The first-order valence-corrected chi connectivity index (χ1v) is 6.68. The lowest BCUT2D eigenvalue weighted by Crippen LogP contribution is -2.30. The molecular formula is C11H10Br2O2. The summed E-state index contributed by atoms with van der Waals surface area (Å²) in [5.74, 6) is 0.935. The van der Waals surface area contributed by atoms with Gasteiger partial charge in [-0.15, -0.1) is 0 Å². The van der Waals surface area contributed by atoms with Gasteiger partial charge in [-0.2, -0.15) is 0 Å². The summed E-state index contributed by atoms with van der Waals surface area (Å²) in [7, 11) is 0. The number of halogens is 2. The second kappa shape index (κ2) is 3.54. The first kappa shape index (κ1) is 10.2. The molecule has 3 aliphatic rings. The van der Waals surface area contributed by atoms with Gasteiger partial charge in [0.2, 0.25) is 0 Å². The molecule has 4 atom stereocenters. The Kier molecular flexibility index (Phi) is 2.41. The molecule has 0 unspecified atom stereocenters. The molecule has 1 saturated heterocycles. The molecule has 1 fully saturated rings. The molecule has 2 nitrogen and oxygen atoms in total. The van der Waals surface area contributed by atoms with Crippen LogP contribution < -0.4 is 0 Å². The number of hydrogen-bond donors (Lipinski definition) is 0. The quantitative estimate of drug-likeness (QED) is 0.637. The lowest BCUT2D eigenvalue weighted by molar-refractivity contribution is -0.127. The summed E-state index contributed by atoms with van der Waals surface area (Å²) in [4.78, 5) is 12.0. The molecule has 15 heavy (non-hydrogen) atoms. The molecule has 4 heteroatoms. The Morgan fingerprint density at radius 2 is 1.73 bits per heavy atom. The van der Waals surface area contributed by atoms with Crippen LogP contribution in [-0.2, 0) is 9.53 Å². The number of ketones is 1. The van der Waals surface area contributed by atoms with Gasteiger partial charge in [-0.05, 0) is 34.7 Å². The molecule has 0 aromatic carbocycles. The van der Waals surface area contributed by atoms with Gasteiger partial charge in [0.25, 0.3) is 0 Å². The minimum absolute atomic E-state index is 0.0806. The van der Waals surface area contributed by atoms with Crippen LogP contribution in [0.4, 0.5) is 0 Å². The van der Waals surface area contributed by atoms with Gasteiger partial charge in [-0.3, -0.25) is 4.79 Å². The Labute approximate surface area is 105 Å². The Bertz CT molecular complexity index is 386. The third kappa shape index (κ3) is 1.34. The third-order valence-corrected chi connectivity index (χ3v) is 5.74. The van der Waals surface area contributed by atoms with E-state index in [9.17, 15) is 4.79 Å². The van der Waals surface area contributed by atoms with Crippen molar-refractivity contribution in [3.8, 4) is 0 Å². The third-order valence-electron chi connectivity index (χ3n) is 3.54. The first-order chi connectivity index (χ1) is 7.20. The standard InChI is InChI=1S/C11H10Br2O2/c12-7-8(13)10-5-3-1-2-4-6(5)11(15-10)9(7)14/h1-2,5-6,10-11H,3-4H2/t5-,6+,10-,11+/m1/s1. The highest BCUT2D eigenvalue weighted by Gasteiger charge is 2.52. The van der Waals surface area contributed by atoms with E-state index in [2.05, 4.69) is 44.0 Å². The van der Waals surface area contributed by atoms with E-state index in [1.165, 1.54) is 0 Å². The predicted molar refractivity (Wildman–Crippen MR) is 63.9 cm³/mol. The average Bonchev–Trinajstić information content (AvgIpc) is 2.62. The number of rotatable bonds is 0. The van der Waals surface area contributed by atoms with Crippen LogP contribution in [-0.4, -0.2) is 18.0 Å². The molecule has 0 aromatic heterocycles. The molecule has 0 saturated carbocycles. The van der Waals surface area contributed by atoms with Crippen LogP contribution in [0.25, 0.3) is 0 Å². The van der Waals surface area contributed by atoms with Crippen molar-refractivity contribution in [1.82, 2.24) is 0 Å². The second-order valence-electron chi connectivity index (χ2n) is 4.27. The highest BCUT2D eigenvalue weighted by Crippen LogP contribution is 2.49. The number of fused-ring (bicyclic) bond motifs is 5. The van der Waals surface area contributed by atoms with Crippen molar-refractivity contribution in [2.24, 2.45) is 11.8 Å². The van der Waals surface area contributed by atoms with Crippen molar-refractivity contribution in [2.45, 2.75) is 25.0 Å². The topological polar surface area (TPSA) is 26.3 Å². The van der Waals surface area contributed by atoms with E-state index in [-0.39, 0.29) is 18.0 Å². The summed E-state index contributed by atoms with van der Waals surface area (Å²) in [5, 5.41) is 0. The van der Waals surface area contributed by atoms with E-state index in [4.69, 9.17) is 4.74 Å². The molecule has 0 radical (unpaired) electrons. The zero-order valence-electron chi connectivity index (χ0n) is 7.95. The monoisotopic (exact) mass is 332 g/mol. The minimum Gasteiger partial charge on any atom is -0.361 e. The summed E-state index contributed by atoms with van der Waals surface area (Å²) in [5.41, 5.74) is 0. The van der Waals surface area contributed by atoms with Gasteiger partial charge < -0.3 is 4.74 Å². The van der Waals surface area contributed by atoms with Crippen LogP contribution in [0.2, 0.25) is 0 Å². The Morgan fingerprint density at radius 1 is 1.13 bits per heavy atom.